The molecule has 0 amide bonds. The molecule has 0 saturated carbocycles. The van der Waals surface area contributed by atoms with Crippen molar-refractivity contribution in [2.75, 3.05) is 0 Å². The molecule has 0 N–H and O–H groups in total. The van der Waals surface area contributed by atoms with Crippen LogP contribution in [0, 0.1) is 0 Å². The summed E-state index contributed by atoms with van der Waals surface area (Å²) in [5.74, 6) is 0. The summed E-state index contributed by atoms with van der Waals surface area (Å²) >= 11 is 0. The van der Waals surface area contributed by atoms with Crippen LogP contribution in [-0.2, 0) is 6.04 Å². The van der Waals surface area contributed by atoms with E-state index in [1.54, 1.807) is 12.5 Å². The maximum Gasteiger partial charge on any atom is 0.139 e. The monoisotopic (exact) mass is 205 g/mol. The molecule has 0 aliphatic carbocycles. The van der Waals surface area contributed by atoms with Crippen LogP contribution in [0.15, 0.2) is 24.8 Å². The van der Waals surface area contributed by atoms with Gasteiger partial charge in [-0.15, -0.1) is 0 Å². The topological polar surface area (TPSA) is 30.2 Å². The Morgan fingerprint density at radius 2 is 2.14 bits per heavy atom. The van der Waals surface area contributed by atoms with Crippen LogP contribution in [0.3, 0.4) is 0 Å². The average Bonchev–Trinajstić information content (AvgIpc) is 2.42. The Morgan fingerprint density at radius 3 is 2.79 bits per heavy atom. The maximum absolute atomic E-state index is 4.56. The molecule has 0 atom stereocenters. The molecule has 0 aliphatic rings. The minimum atomic E-state index is -1.06. The Labute approximate surface area is 84.8 Å². The minimum absolute atomic E-state index is 0.994. The van der Waals surface area contributed by atoms with E-state index in [0.717, 1.165) is 11.7 Å². The lowest BCUT2D eigenvalue weighted by molar-refractivity contribution is 1.08. The van der Waals surface area contributed by atoms with E-state index in [0.29, 0.717) is 0 Å². The fourth-order valence-corrected chi connectivity index (χ4v) is 2.78. The van der Waals surface area contributed by atoms with Crippen LogP contribution >= 0.6 is 0 Å². The smallest absolute Gasteiger partial charge is 0.139 e. The Bertz CT molecular complexity index is 409. The second-order valence-electron chi connectivity index (χ2n) is 4.82. The molecular formula is C10H15N3Si. The van der Waals surface area contributed by atoms with Gasteiger partial charge in [0.2, 0.25) is 0 Å². The molecule has 0 bridgehead atoms. The molecule has 0 spiro atoms. The Hall–Kier alpha value is -1.16. The third-order valence-corrected chi connectivity index (χ3v) is 3.45. The van der Waals surface area contributed by atoms with Crippen molar-refractivity contribution in [3.8, 4) is 0 Å². The highest BCUT2D eigenvalue weighted by Crippen LogP contribution is 2.11. The van der Waals surface area contributed by atoms with Gasteiger partial charge in [-0.1, -0.05) is 19.6 Å². The molecule has 74 valence electrons. The van der Waals surface area contributed by atoms with Crippen molar-refractivity contribution in [2.45, 2.75) is 25.7 Å². The molecule has 4 heteroatoms. The van der Waals surface area contributed by atoms with E-state index in [1.807, 2.05) is 10.5 Å². The highest BCUT2D eigenvalue weighted by atomic mass is 28.3. The van der Waals surface area contributed by atoms with E-state index in [4.69, 9.17) is 0 Å². The lowest BCUT2D eigenvalue weighted by Gasteiger charge is -2.12. The van der Waals surface area contributed by atoms with Crippen molar-refractivity contribution in [3.63, 3.8) is 0 Å². The number of imidazole rings is 1. The van der Waals surface area contributed by atoms with Crippen molar-refractivity contribution >= 4 is 13.7 Å². The zero-order valence-electron chi connectivity index (χ0n) is 8.86. The molecule has 2 rings (SSSR count). The molecule has 0 radical (unpaired) electrons. The first-order valence-electron chi connectivity index (χ1n) is 4.82. The number of hydrogen-bond donors (Lipinski definition) is 0. The van der Waals surface area contributed by atoms with Gasteiger partial charge in [-0.2, -0.15) is 0 Å². The summed E-state index contributed by atoms with van der Waals surface area (Å²) in [6, 6.07) is 3.07. The van der Waals surface area contributed by atoms with Gasteiger partial charge in [-0.25, -0.2) is 9.97 Å². The van der Waals surface area contributed by atoms with Gasteiger partial charge >= 0.3 is 0 Å². The second kappa shape index (κ2) is 3.20. The van der Waals surface area contributed by atoms with Crippen molar-refractivity contribution in [3.05, 3.63) is 30.5 Å². The predicted octanol–water partition coefficient (Wildman–Crippen LogP) is 2.15. The third kappa shape index (κ3) is 2.01. The summed E-state index contributed by atoms with van der Waals surface area (Å²) in [5, 5.41) is 0. The van der Waals surface area contributed by atoms with E-state index >= 15 is 0 Å². The molecular weight excluding hydrogens is 190 g/mol. The minimum Gasteiger partial charge on any atom is -0.290 e. The van der Waals surface area contributed by atoms with Crippen LogP contribution in [0.25, 0.3) is 5.65 Å². The summed E-state index contributed by atoms with van der Waals surface area (Å²) in [6.45, 7) is 7.07. The van der Waals surface area contributed by atoms with Crippen LogP contribution in [0.2, 0.25) is 19.6 Å². The second-order valence-corrected chi connectivity index (χ2v) is 10.3. The molecule has 3 nitrogen and oxygen atoms in total. The fraction of sp³-hybridized carbons (Fsp3) is 0.400. The van der Waals surface area contributed by atoms with Gasteiger partial charge in [0.1, 0.15) is 12.0 Å². The average molecular weight is 205 g/mol. The largest absolute Gasteiger partial charge is 0.290 e. The normalized spacial score (nSPS) is 12.2. The fourth-order valence-electron chi connectivity index (χ4n) is 1.52. The van der Waals surface area contributed by atoms with Gasteiger partial charge < -0.3 is 0 Å². The van der Waals surface area contributed by atoms with Crippen LogP contribution in [0.4, 0.5) is 0 Å². The summed E-state index contributed by atoms with van der Waals surface area (Å²) < 4.78 is 1.98. The first kappa shape index (κ1) is 9.39. The number of aromatic nitrogens is 3. The highest BCUT2D eigenvalue weighted by Gasteiger charge is 2.15. The van der Waals surface area contributed by atoms with Crippen LogP contribution < -0.4 is 0 Å². The summed E-state index contributed by atoms with van der Waals surface area (Å²) in [6.07, 6.45) is 5.66. The number of hydrogen-bond acceptors (Lipinski definition) is 2. The number of nitrogens with zero attached hydrogens (tertiary/aromatic N) is 3. The summed E-state index contributed by atoms with van der Waals surface area (Å²) in [4.78, 5) is 8.61. The van der Waals surface area contributed by atoms with Crippen LogP contribution in [0.1, 0.15) is 5.69 Å². The zero-order valence-corrected chi connectivity index (χ0v) is 9.86. The van der Waals surface area contributed by atoms with Gasteiger partial charge in [0, 0.05) is 12.4 Å². The van der Waals surface area contributed by atoms with Gasteiger partial charge in [0.05, 0.1) is 13.8 Å². The zero-order chi connectivity index (χ0) is 10.2. The quantitative estimate of drug-likeness (QED) is 0.703. The summed E-state index contributed by atoms with van der Waals surface area (Å²) in [5.41, 5.74) is 2.19. The highest BCUT2D eigenvalue weighted by molar-refractivity contribution is 6.75. The number of fused-ring (bicyclic) bond motifs is 1. The Kier molecular flexibility index (Phi) is 2.15. The Balaban J connectivity index is 2.36. The lowest BCUT2D eigenvalue weighted by Crippen LogP contribution is -2.23. The van der Waals surface area contributed by atoms with Gasteiger partial charge in [0.25, 0.3) is 0 Å². The molecule has 2 aromatic heterocycles. The molecule has 0 unspecified atom stereocenters. The van der Waals surface area contributed by atoms with Crippen molar-refractivity contribution in [2.24, 2.45) is 0 Å². The lowest BCUT2D eigenvalue weighted by atomic mass is 10.6. The SMILES string of the molecule is C[Si](C)(C)Cc1cn2cnccc2n1. The molecule has 0 aliphatic heterocycles. The number of rotatable bonds is 2. The van der Waals surface area contributed by atoms with E-state index in [2.05, 4.69) is 35.8 Å². The van der Waals surface area contributed by atoms with Crippen LogP contribution in [-0.4, -0.2) is 22.4 Å². The first-order chi connectivity index (χ1) is 6.54. The van der Waals surface area contributed by atoms with Crippen molar-refractivity contribution in [1.82, 2.24) is 14.4 Å². The summed E-state index contributed by atoms with van der Waals surface area (Å²) in [7, 11) is -1.06. The van der Waals surface area contributed by atoms with E-state index in [1.165, 1.54) is 5.69 Å². The third-order valence-electron chi connectivity index (χ3n) is 2.02. The maximum atomic E-state index is 4.56. The first-order valence-corrected chi connectivity index (χ1v) is 8.53. The van der Waals surface area contributed by atoms with E-state index in [-0.39, 0.29) is 0 Å². The van der Waals surface area contributed by atoms with E-state index in [9.17, 15) is 0 Å². The Morgan fingerprint density at radius 1 is 1.36 bits per heavy atom. The van der Waals surface area contributed by atoms with Gasteiger partial charge in [-0.05, 0) is 12.1 Å². The van der Waals surface area contributed by atoms with Crippen molar-refractivity contribution in [1.29, 1.82) is 0 Å². The van der Waals surface area contributed by atoms with E-state index < -0.39 is 8.07 Å². The van der Waals surface area contributed by atoms with Gasteiger partial charge in [0.15, 0.2) is 0 Å². The molecule has 2 aromatic rings. The standard InChI is InChI=1S/C10H15N3Si/c1-14(2,3)7-9-6-13-8-11-5-4-10(13)12-9/h4-6,8H,7H2,1-3H3. The molecule has 0 aromatic carbocycles. The molecule has 0 fully saturated rings. The molecule has 0 saturated heterocycles. The molecule has 2 heterocycles. The molecule has 14 heavy (non-hydrogen) atoms. The van der Waals surface area contributed by atoms with Crippen molar-refractivity contribution < 1.29 is 0 Å². The van der Waals surface area contributed by atoms with Crippen LogP contribution in [0.5, 0.6) is 0 Å². The predicted molar refractivity (Wildman–Crippen MR) is 60.0 cm³/mol. The van der Waals surface area contributed by atoms with Gasteiger partial charge in [-0.3, -0.25) is 4.40 Å².